The van der Waals surface area contributed by atoms with Gasteiger partial charge in [-0.25, -0.2) is 0 Å². The van der Waals surface area contributed by atoms with E-state index in [1.165, 1.54) is 16.5 Å². The van der Waals surface area contributed by atoms with Crippen molar-refractivity contribution in [3.63, 3.8) is 0 Å². The van der Waals surface area contributed by atoms with Crippen LogP contribution >= 0.6 is 12.4 Å². The highest BCUT2D eigenvalue weighted by molar-refractivity contribution is 5.85. The number of nitrogens with one attached hydrogen (secondary N) is 2. The predicted octanol–water partition coefficient (Wildman–Crippen LogP) is 1.71. The van der Waals surface area contributed by atoms with Crippen LogP contribution in [0.4, 0.5) is 0 Å². The number of aromatic amines is 1. The first-order valence-corrected chi connectivity index (χ1v) is 5.28. The lowest BCUT2D eigenvalue weighted by molar-refractivity contribution is 0.293. The van der Waals surface area contributed by atoms with Crippen LogP contribution in [0.3, 0.4) is 0 Å². The molecule has 0 spiro atoms. The quantitative estimate of drug-likeness (QED) is 0.697. The van der Waals surface area contributed by atoms with Crippen LogP contribution in [0.15, 0.2) is 30.5 Å². The molecule has 0 atom stereocenters. The zero-order valence-corrected chi connectivity index (χ0v) is 9.89. The lowest BCUT2D eigenvalue weighted by Gasteiger charge is -2.01. The molecule has 2 aromatic rings. The summed E-state index contributed by atoms with van der Waals surface area (Å²) in [4.78, 5) is 3.25. The summed E-state index contributed by atoms with van der Waals surface area (Å²) in [5.74, 6) is 0. The third-order valence-corrected chi connectivity index (χ3v) is 2.53. The van der Waals surface area contributed by atoms with E-state index in [2.05, 4.69) is 34.7 Å². The maximum atomic E-state index is 8.63. The van der Waals surface area contributed by atoms with E-state index < -0.39 is 0 Å². The molecule has 1 aromatic carbocycles. The Labute approximate surface area is 101 Å². The topological polar surface area (TPSA) is 48.0 Å². The van der Waals surface area contributed by atoms with Crippen molar-refractivity contribution in [1.82, 2.24) is 10.3 Å². The average molecular weight is 241 g/mol. The molecule has 0 radical (unpaired) electrons. The van der Waals surface area contributed by atoms with Crippen LogP contribution in [-0.2, 0) is 6.42 Å². The predicted molar refractivity (Wildman–Crippen MR) is 69.2 cm³/mol. The summed E-state index contributed by atoms with van der Waals surface area (Å²) in [6.45, 7) is 1.78. The van der Waals surface area contributed by atoms with Crippen molar-refractivity contribution in [3.8, 4) is 0 Å². The number of H-pyrrole nitrogens is 1. The Balaban J connectivity index is 0.00000128. The standard InChI is InChI=1S/C12H16N2O.ClH/c15-8-7-13-6-5-10-9-14-12-4-2-1-3-11(10)12;/h1-4,9,13-15H,5-8H2;1H. The second-order valence-corrected chi connectivity index (χ2v) is 3.58. The first kappa shape index (κ1) is 13.0. The number of halogens is 1. The molecule has 0 aliphatic carbocycles. The van der Waals surface area contributed by atoms with Gasteiger partial charge in [0, 0.05) is 23.6 Å². The van der Waals surface area contributed by atoms with Crippen LogP contribution in [0.5, 0.6) is 0 Å². The van der Waals surface area contributed by atoms with Gasteiger partial charge in [0.1, 0.15) is 0 Å². The maximum Gasteiger partial charge on any atom is 0.0555 e. The summed E-state index contributed by atoms with van der Waals surface area (Å²) >= 11 is 0. The molecule has 0 amide bonds. The van der Waals surface area contributed by atoms with Gasteiger partial charge in [0.05, 0.1) is 6.61 Å². The van der Waals surface area contributed by atoms with Gasteiger partial charge in [-0.2, -0.15) is 0 Å². The van der Waals surface area contributed by atoms with E-state index in [0.29, 0.717) is 6.54 Å². The Morgan fingerprint density at radius 2 is 2.00 bits per heavy atom. The lowest BCUT2D eigenvalue weighted by Crippen LogP contribution is -2.20. The molecule has 0 saturated carbocycles. The van der Waals surface area contributed by atoms with Crippen molar-refractivity contribution in [2.45, 2.75) is 6.42 Å². The number of benzene rings is 1. The molecule has 0 aliphatic heterocycles. The molecule has 3 N–H and O–H groups in total. The Morgan fingerprint density at radius 3 is 2.81 bits per heavy atom. The van der Waals surface area contributed by atoms with Crippen molar-refractivity contribution in [2.24, 2.45) is 0 Å². The number of rotatable bonds is 5. The van der Waals surface area contributed by atoms with E-state index in [4.69, 9.17) is 5.11 Å². The van der Waals surface area contributed by atoms with Gasteiger partial charge in [0.15, 0.2) is 0 Å². The van der Waals surface area contributed by atoms with Crippen molar-refractivity contribution in [2.75, 3.05) is 19.7 Å². The molecular formula is C12H17ClN2O. The number of para-hydroxylation sites is 1. The average Bonchev–Trinajstić information content (AvgIpc) is 2.68. The molecule has 0 bridgehead atoms. The zero-order valence-electron chi connectivity index (χ0n) is 9.07. The SMILES string of the molecule is Cl.OCCNCCc1c[nH]c2ccccc12. The van der Waals surface area contributed by atoms with E-state index in [-0.39, 0.29) is 19.0 Å². The molecular weight excluding hydrogens is 224 g/mol. The Kier molecular flexibility index (Phi) is 5.32. The fourth-order valence-corrected chi connectivity index (χ4v) is 1.77. The summed E-state index contributed by atoms with van der Waals surface area (Å²) in [6, 6.07) is 8.31. The van der Waals surface area contributed by atoms with Gasteiger partial charge in [0.2, 0.25) is 0 Å². The van der Waals surface area contributed by atoms with Crippen molar-refractivity contribution < 1.29 is 5.11 Å². The number of hydrogen-bond donors (Lipinski definition) is 3. The molecule has 0 saturated heterocycles. The monoisotopic (exact) mass is 240 g/mol. The minimum Gasteiger partial charge on any atom is -0.395 e. The zero-order chi connectivity index (χ0) is 10.5. The van der Waals surface area contributed by atoms with E-state index in [9.17, 15) is 0 Å². The minimum absolute atomic E-state index is 0. The number of hydrogen-bond acceptors (Lipinski definition) is 2. The second-order valence-electron chi connectivity index (χ2n) is 3.58. The van der Waals surface area contributed by atoms with Crippen LogP contribution in [-0.4, -0.2) is 29.8 Å². The van der Waals surface area contributed by atoms with Crippen LogP contribution in [0.2, 0.25) is 0 Å². The fourth-order valence-electron chi connectivity index (χ4n) is 1.77. The first-order valence-electron chi connectivity index (χ1n) is 5.28. The molecule has 1 heterocycles. The third kappa shape index (κ3) is 2.98. The van der Waals surface area contributed by atoms with Gasteiger partial charge in [-0.1, -0.05) is 18.2 Å². The van der Waals surface area contributed by atoms with Crippen molar-refractivity contribution in [1.29, 1.82) is 0 Å². The van der Waals surface area contributed by atoms with E-state index in [1.54, 1.807) is 0 Å². The molecule has 0 aliphatic rings. The minimum atomic E-state index is 0. The Hall–Kier alpha value is -1.03. The highest BCUT2D eigenvalue weighted by Crippen LogP contribution is 2.17. The highest BCUT2D eigenvalue weighted by atomic mass is 35.5. The third-order valence-electron chi connectivity index (χ3n) is 2.53. The Bertz CT molecular complexity index is 428. The summed E-state index contributed by atoms with van der Waals surface area (Å²) < 4.78 is 0. The second kappa shape index (κ2) is 6.53. The van der Waals surface area contributed by atoms with Crippen LogP contribution in [0, 0.1) is 0 Å². The van der Waals surface area contributed by atoms with Crippen LogP contribution < -0.4 is 5.32 Å². The summed E-state index contributed by atoms with van der Waals surface area (Å²) in [6.07, 6.45) is 3.05. The Morgan fingerprint density at radius 1 is 1.19 bits per heavy atom. The number of fused-ring (bicyclic) bond motifs is 1. The van der Waals surface area contributed by atoms with Gasteiger partial charge in [-0.15, -0.1) is 12.4 Å². The lowest BCUT2D eigenvalue weighted by atomic mass is 10.1. The summed E-state index contributed by atoms with van der Waals surface area (Å²) in [5, 5.41) is 13.1. The fraction of sp³-hybridized carbons (Fsp3) is 0.333. The summed E-state index contributed by atoms with van der Waals surface area (Å²) in [7, 11) is 0. The maximum absolute atomic E-state index is 8.63. The van der Waals surface area contributed by atoms with Gasteiger partial charge >= 0.3 is 0 Å². The van der Waals surface area contributed by atoms with E-state index in [1.807, 2.05) is 6.07 Å². The number of aromatic nitrogens is 1. The van der Waals surface area contributed by atoms with Crippen LogP contribution in [0.1, 0.15) is 5.56 Å². The van der Waals surface area contributed by atoms with Gasteiger partial charge in [-0.05, 0) is 24.6 Å². The first-order chi connectivity index (χ1) is 7.42. The molecule has 1 aromatic heterocycles. The molecule has 4 heteroatoms. The smallest absolute Gasteiger partial charge is 0.0555 e. The largest absolute Gasteiger partial charge is 0.395 e. The normalized spacial score (nSPS) is 10.3. The number of aliphatic hydroxyl groups excluding tert-OH is 1. The molecule has 0 fully saturated rings. The van der Waals surface area contributed by atoms with Gasteiger partial charge in [0.25, 0.3) is 0 Å². The van der Waals surface area contributed by atoms with Gasteiger partial charge < -0.3 is 15.4 Å². The molecule has 3 nitrogen and oxygen atoms in total. The molecule has 0 unspecified atom stereocenters. The van der Waals surface area contributed by atoms with E-state index in [0.717, 1.165) is 13.0 Å². The van der Waals surface area contributed by atoms with Crippen molar-refractivity contribution in [3.05, 3.63) is 36.0 Å². The van der Waals surface area contributed by atoms with Crippen molar-refractivity contribution >= 4 is 23.3 Å². The van der Waals surface area contributed by atoms with E-state index >= 15 is 0 Å². The summed E-state index contributed by atoms with van der Waals surface area (Å²) in [5.41, 5.74) is 2.52. The highest BCUT2D eigenvalue weighted by Gasteiger charge is 2.01. The van der Waals surface area contributed by atoms with Crippen LogP contribution in [0.25, 0.3) is 10.9 Å². The van der Waals surface area contributed by atoms with Gasteiger partial charge in [-0.3, -0.25) is 0 Å². The molecule has 16 heavy (non-hydrogen) atoms. The number of aliphatic hydroxyl groups is 1. The molecule has 88 valence electrons. The molecule has 2 rings (SSSR count).